The molecular formula is C28H37FNO7P. The zero-order valence-electron chi connectivity index (χ0n) is 23.3. The fourth-order valence-electron chi connectivity index (χ4n) is 3.74. The monoisotopic (exact) mass is 549 g/mol. The lowest BCUT2D eigenvalue weighted by atomic mass is 10.0. The number of aromatic nitrogens is 1. The fourth-order valence-corrected chi connectivity index (χ4v) is 5.49. The van der Waals surface area contributed by atoms with E-state index < -0.39 is 30.3 Å². The van der Waals surface area contributed by atoms with E-state index in [1.54, 1.807) is 72.9 Å². The molecule has 0 radical (unpaired) electrons. The van der Waals surface area contributed by atoms with Crippen molar-refractivity contribution in [2.75, 3.05) is 13.7 Å². The lowest BCUT2D eigenvalue weighted by molar-refractivity contribution is -0.00573. The van der Waals surface area contributed by atoms with Gasteiger partial charge in [-0.25, -0.2) is 8.96 Å². The number of pyridine rings is 1. The molecule has 0 aliphatic rings. The first-order valence-corrected chi connectivity index (χ1v) is 13.9. The molecule has 0 saturated carbocycles. The summed E-state index contributed by atoms with van der Waals surface area (Å²) in [5.74, 6) is 0.200. The minimum Gasteiger partial charge on any atom is -0.497 e. The van der Waals surface area contributed by atoms with Gasteiger partial charge in [0.1, 0.15) is 24.0 Å². The van der Waals surface area contributed by atoms with E-state index >= 15 is 4.39 Å². The molecule has 208 valence electrons. The van der Waals surface area contributed by atoms with Gasteiger partial charge in [-0.2, -0.15) is 0 Å². The van der Waals surface area contributed by atoms with Crippen molar-refractivity contribution in [2.24, 2.45) is 0 Å². The maximum Gasteiger partial charge on any atom is 0.477 e. The lowest BCUT2D eigenvalue weighted by Crippen LogP contribution is -2.25. The first kappa shape index (κ1) is 29.8. The van der Waals surface area contributed by atoms with Gasteiger partial charge in [0.2, 0.25) is 0 Å². The first-order chi connectivity index (χ1) is 17.7. The van der Waals surface area contributed by atoms with Crippen molar-refractivity contribution in [3.05, 3.63) is 58.6 Å². The highest BCUT2D eigenvalue weighted by Crippen LogP contribution is 2.55. The molecule has 0 saturated heterocycles. The summed E-state index contributed by atoms with van der Waals surface area (Å²) >= 11 is 0. The van der Waals surface area contributed by atoms with Crippen molar-refractivity contribution in [2.45, 2.75) is 72.8 Å². The molecule has 1 aromatic heterocycles. The van der Waals surface area contributed by atoms with Gasteiger partial charge < -0.3 is 14.0 Å². The third-order valence-electron chi connectivity index (χ3n) is 5.12. The van der Waals surface area contributed by atoms with Crippen molar-refractivity contribution >= 4 is 18.7 Å². The van der Waals surface area contributed by atoms with Crippen LogP contribution in [-0.2, 0) is 24.9 Å². The van der Waals surface area contributed by atoms with Gasteiger partial charge in [0.15, 0.2) is 5.43 Å². The van der Waals surface area contributed by atoms with Gasteiger partial charge in [0, 0.05) is 11.8 Å². The van der Waals surface area contributed by atoms with Crippen molar-refractivity contribution in [1.82, 2.24) is 4.57 Å². The molecular weight excluding hydrogens is 512 g/mol. The SMILES string of the molecule is CCCOc1ccc(F)c2c(=O)c(-c3ccc(OC)cc3)cn(COP(=O)(OC(C)(C)C)OC(C)(C)C)c12. The second-order valence-electron chi connectivity index (χ2n) is 10.8. The van der Waals surface area contributed by atoms with E-state index in [2.05, 4.69) is 0 Å². The second kappa shape index (κ2) is 11.6. The number of phosphoric acid groups is 1. The van der Waals surface area contributed by atoms with Crippen molar-refractivity contribution in [3.63, 3.8) is 0 Å². The summed E-state index contributed by atoms with van der Waals surface area (Å²) in [7, 11) is -2.57. The van der Waals surface area contributed by atoms with Crippen LogP contribution < -0.4 is 14.9 Å². The molecule has 8 nitrogen and oxygen atoms in total. The van der Waals surface area contributed by atoms with E-state index in [0.29, 0.717) is 30.1 Å². The standard InChI is InChI=1S/C28H37FNO7P/c1-9-16-34-23-15-14-22(29)24-25(23)30(17-21(26(24)31)19-10-12-20(33-8)13-11-19)18-35-38(32,36-27(2,3)4)37-28(5,6)7/h10-15,17H,9,16,18H2,1-8H3. The van der Waals surface area contributed by atoms with E-state index in [-0.39, 0.29) is 23.2 Å². The van der Waals surface area contributed by atoms with E-state index in [0.717, 1.165) is 0 Å². The van der Waals surface area contributed by atoms with Crippen LogP contribution in [0.2, 0.25) is 0 Å². The van der Waals surface area contributed by atoms with Gasteiger partial charge in [0.05, 0.1) is 35.8 Å². The summed E-state index contributed by atoms with van der Waals surface area (Å²) < 4.78 is 58.8. The van der Waals surface area contributed by atoms with Crippen LogP contribution in [-0.4, -0.2) is 29.5 Å². The predicted octanol–water partition coefficient (Wildman–Crippen LogP) is 7.32. The molecule has 3 aromatic rings. The van der Waals surface area contributed by atoms with Crippen LogP contribution >= 0.6 is 7.82 Å². The number of benzene rings is 2. The Morgan fingerprint density at radius 1 is 0.947 bits per heavy atom. The van der Waals surface area contributed by atoms with Crippen LogP contribution in [0.5, 0.6) is 11.5 Å². The topological polar surface area (TPSA) is 85.2 Å². The molecule has 2 aromatic carbocycles. The van der Waals surface area contributed by atoms with Crippen molar-refractivity contribution in [1.29, 1.82) is 0 Å². The van der Waals surface area contributed by atoms with Crippen molar-refractivity contribution in [3.8, 4) is 22.6 Å². The predicted molar refractivity (Wildman–Crippen MR) is 146 cm³/mol. The fraction of sp³-hybridized carbons (Fsp3) is 0.464. The maximum atomic E-state index is 15.2. The number of methoxy groups -OCH3 is 1. The number of nitrogens with zero attached hydrogens (tertiary/aromatic N) is 1. The minimum absolute atomic E-state index is 0.168. The second-order valence-corrected chi connectivity index (χ2v) is 12.3. The van der Waals surface area contributed by atoms with Gasteiger partial charge in [-0.05, 0) is 77.8 Å². The molecule has 0 amide bonds. The van der Waals surface area contributed by atoms with Crippen molar-refractivity contribution < 1.29 is 32.0 Å². The third-order valence-corrected chi connectivity index (χ3v) is 7.10. The Morgan fingerprint density at radius 2 is 1.55 bits per heavy atom. The summed E-state index contributed by atoms with van der Waals surface area (Å²) in [6, 6.07) is 9.50. The Hall–Kier alpha value is -2.71. The van der Waals surface area contributed by atoms with Gasteiger partial charge in [0.25, 0.3) is 0 Å². The highest BCUT2D eigenvalue weighted by Gasteiger charge is 2.37. The van der Waals surface area contributed by atoms with Crippen LogP contribution in [0.4, 0.5) is 4.39 Å². The van der Waals surface area contributed by atoms with Gasteiger partial charge in [-0.3, -0.25) is 18.4 Å². The van der Waals surface area contributed by atoms with E-state index in [1.807, 2.05) is 6.92 Å². The van der Waals surface area contributed by atoms with Gasteiger partial charge in [-0.1, -0.05) is 19.1 Å². The van der Waals surface area contributed by atoms with Crippen LogP contribution in [0, 0.1) is 5.82 Å². The zero-order chi connectivity index (χ0) is 28.3. The largest absolute Gasteiger partial charge is 0.497 e. The molecule has 0 aliphatic heterocycles. The van der Waals surface area contributed by atoms with Crippen LogP contribution in [0.3, 0.4) is 0 Å². The first-order valence-electron chi connectivity index (χ1n) is 12.5. The number of fused-ring (bicyclic) bond motifs is 1. The molecule has 0 aliphatic carbocycles. The molecule has 0 atom stereocenters. The zero-order valence-corrected chi connectivity index (χ0v) is 24.2. The molecule has 0 spiro atoms. The molecule has 1 heterocycles. The smallest absolute Gasteiger partial charge is 0.477 e. The number of hydrogen-bond donors (Lipinski definition) is 0. The Bertz CT molecular complexity index is 1350. The Labute approximate surface area is 223 Å². The number of ether oxygens (including phenoxy) is 2. The lowest BCUT2D eigenvalue weighted by Gasteiger charge is -2.31. The van der Waals surface area contributed by atoms with E-state index in [4.69, 9.17) is 23.0 Å². The van der Waals surface area contributed by atoms with Gasteiger partial charge in [-0.15, -0.1) is 0 Å². The number of phosphoric ester groups is 1. The highest BCUT2D eigenvalue weighted by atomic mass is 31.2. The van der Waals surface area contributed by atoms with Crippen LogP contribution in [0.25, 0.3) is 22.0 Å². The summed E-state index contributed by atoms with van der Waals surface area (Å²) in [5.41, 5.74) is -1.26. The van der Waals surface area contributed by atoms with E-state index in [1.165, 1.54) is 22.9 Å². The summed E-state index contributed by atoms with van der Waals surface area (Å²) in [6.07, 6.45) is 2.24. The number of halogens is 1. The van der Waals surface area contributed by atoms with Gasteiger partial charge >= 0.3 is 7.82 Å². The summed E-state index contributed by atoms with van der Waals surface area (Å²) in [5, 5.41) is -0.168. The molecule has 10 heteroatoms. The highest BCUT2D eigenvalue weighted by molar-refractivity contribution is 7.48. The summed E-state index contributed by atoms with van der Waals surface area (Å²) in [6.45, 7) is 12.3. The quantitative estimate of drug-likeness (QED) is 0.245. The number of hydrogen-bond acceptors (Lipinski definition) is 7. The molecule has 0 unspecified atom stereocenters. The number of rotatable bonds is 10. The van der Waals surface area contributed by atoms with E-state index in [9.17, 15) is 9.36 Å². The minimum atomic E-state index is -4.11. The Kier molecular flexibility index (Phi) is 9.09. The van der Waals surface area contributed by atoms with Crippen LogP contribution in [0.15, 0.2) is 47.4 Å². The molecule has 3 rings (SSSR count). The molecule has 0 N–H and O–H groups in total. The summed E-state index contributed by atoms with van der Waals surface area (Å²) in [4.78, 5) is 13.6. The normalized spacial score (nSPS) is 12.7. The third kappa shape index (κ3) is 7.44. The maximum absolute atomic E-state index is 15.2. The average Bonchev–Trinajstić information content (AvgIpc) is 2.80. The molecule has 0 fully saturated rings. The Morgan fingerprint density at radius 3 is 2.08 bits per heavy atom. The van der Waals surface area contributed by atoms with Crippen LogP contribution in [0.1, 0.15) is 54.9 Å². The molecule has 0 bridgehead atoms. The Balaban J connectivity index is 2.21. The molecule has 38 heavy (non-hydrogen) atoms. The average molecular weight is 550 g/mol.